The van der Waals surface area contributed by atoms with Gasteiger partial charge in [-0.15, -0.1) is 0 Å². The number of carbonyl (C=O) groups is 1. The van der Waals surface area contributed by atoms with Crippen LogP contribution in [0.2, 0.25) is 0 Å². The summed E-state index contributed by atoms with van der Waals surface area (Å²) in [7, 11) is 0. The number of nitrogens with zero attached hydrogens (tertiary/aromatic N) is 3. The third kappa shape index (κ3) is 4.16. The van der Waals surface area contributed by atoms with Crippen molar-refractivity contribution in [2.24, 2.45) is 5.92 Å². The van der Waals surface area contributed by atoms with Crippen molar-refractivity contribution in [3.05, 3.63) is 59.9 Å². The molecule has 1 aromatic heterocycles. The van der Waals surface area contributed by atoms with Gasteiger partial charge in [0.15, 0.2) is 0 Å². The molecule has 0 radical (unpaired) electrons. The van der Waals surface area contributed by atoms with Gasteiger partial charge in [-0.2, -0.15) is 0 Å². The molecule has 0 bridgehead atoms. The van der Waals surface area contributed by atoms with Gasteiger partial charge in [0, 0.05) is 30.6 Å². The minimum Gasteiger partial charge on any atom is -0.353 e. The molecule has 5 nitrogen and oxygen atoms in total. The van der Waals surface area contributed by atoms with Crippen molar-refractivity contribution in [1.82, 2.24) is 14.9 Å². The maximum atomic E-state index is 14.4. The van der Waals surface area contributed by atoms with Crippen molar-refractivity contribution in [3.63, 3.8) is 0 Å². The van der Waals surface area contributed by atoms with E-state index in [4.69, 9.17) is 4.98 Å². The molecule has 31 heavy (non-hydrogen) atoms. The van der Waals surface area contributed by atoms with Crippen LogP contribution in [0.3, 0.4) is 0 Å². The van der Waals surface area contributed by atoms with Crippen LogP contribution in [-0.4, -0.2) is 34.6 Å². The summed E-state index contributed by atoms with van der Waals surface area (Å²) in [6.07, 6.45) is 6.32. The maximum absolute atomic E-state index is 14.4. The lowest BCUT2D eigenvalue weighted by Gasteiger charge is -2.33. The van der Waals surface area contributed by atoms with Gasteiger partial charge in [0.25, 0.3) is 0 Å². The second-order valence-corrected chi connectivity index (χ2v) is 8.83. The van der Waals surface area contributed by atoms with Gasteiger partial charge in [-0.05, 0) is 43.9 Å². The first-order valence-corrected chi connectivity index (χ1v) is 11.4. The van der Waals surface area contributed by atoms with E-state index in [1.54, 1.807) is 6.07 Å². The molecule has 2 fully saturated rings. The molecule has 5 rings (SSSR count). The predicted molar refractivity (Wildman–Crippen MR) is 121 cm³/mol. The SMILES string of the molecule is O=C(NC1CCCC1)C1CCN(c2nc3ccccc3n2Cc2ccccc2F)CC1. The minimum absolute atomic E-state index is 0.0706. The van der Waals surface area contributed by atoms with Crippen LogP contribution in [0.4, 0.5) is 10.3 Å². The molecule has 0 unspecified atom stereocenters. The number of hydrogen-bond donors (Lipinski definition) is 1. The van der Waals surface area contributed by atoms with Crippen molar-refractivity contribution in [2.45, 2.75) is 51.1 Å². The number of amides is 1. The minimum atomic E-state index is -0.200. The number of imidazole rings is 1. The van der Waals surface area contributed by atoms with E-state index in [0.29, 0.717) is 18.2 Å². The molecule has 3 aromatic rings. The summed E-state index contributed by atoms with van der Waals surface area (Å²) in [5.74, 6) is 0.945. The fourth-order valence-electron chi connectivity index (χ4n) is 4.99. The highest BCUT2D eigenvalue weighted by Gasteiger charge is 2.29. The van der Waals surface area contributed by atoms with Gasteiger partial charge in [-0.25, -0.2) is 9.37 Å². The number of anilines is 1. The van der Waals surface area contributed by atoms with Gasteiger partial charge < -0.3 is 14.8 Å². The number of benzene rings is 2. The van der Waals surface area contributed by atoms with Crippen molar-refractivity contribution in [2.75, 3.05) is 18.0 Å². The van der Waals surface area contributed by atoms with E-state index in [0.717, 1.165) is 55.8 Å². The summed E-state index contributed by atoms with van der Waals surface area (Å²) < 4.78 is 16.5. The second kappa shape index (κ2) is 8.69. The Hall–Kier alpha value is -2.89. The smallest absolute Gasteiger partial charge is 0.223 e. The van der Waals surface area contributed by atoms with Crippen LogP contribution in [0.15, 0.2) is 48.5 Å². The summed E-state index contributed by atoms with van der Waals surface area (Å²) in [5, 5.41) is 3.25. The van der Waals surface area contributed by atoms with Crippen molar-refractivity contribution in [1.29, 1.82) is 0 Å². The lowest BCUT2D eigenvalue weighted by atomic mass is 9.95. The lowest BCUT2D eigenvalue weighted by Crippen LogP contribution is -2.43. The van der Waals surface area contributed by atoms with Crippen LogP contribution in [0.5, 0.6) is 0 Å². The van der Waals surface area contributed by atoms with E-state index >= 15 is 0 Å². The Labute approximate surface area is 182 Å². The molecule has 2 heterocycles. The highest BCUT2D eigenvalue weighted by Crippen LogP contribution is 2.29. The molecule has 0 atom stereocenters. The maximum Gasteiger partial charge on any atom is 0.223 e. The molecule has 0 spiro atoms. The third-order valence-corrected chi connectivity index (χ3v) is 6.77. The molecule has 6 heteroatoms. The molecule has 2 aromatic carbocycles. The molecule has 1 aliphatic carbocycles. The van der Waals surface area contributed by atoms with Crippen molar-refractivity contribution < 1.29 is 9.18 Å². The van der Waals surface area contributed by atoms with Crippen LogP contribution < -0.4 is 10.2 Å². The average molecular weight is 421 g/mol. The number of aromatic nitrogens is 2. The fraction of sp³-hybridized carbons (Fsp3) is 0.440. The summed E-state index contributed by atoms with van der Waals surface area (Å²) >= 11 is 0. The van der Waals surface area contributed by atoms with Crippen molar-refractivity contribution >= 4 is 22.9 Å². The Kier molecular flexibility index (Phi) is 5.62. The van der Waals surface area contributed by atoms with Crippen LogP contribution in [0, 0.1) is 11.7 Å². The predicted octanol–water partition coefficient (Wildman–Crippen LogP) is 4.50. The Morgan fingerprint density at radius 2 is 1.71 bits per heavy atom. The number of para-hydroxylation sites is 2. The quantitative estimate of drug-likeness (QED) is 0.661. The molecule has 1 saturated carbocycles. The highest BCUT2D eigenvalue weighted by atomic mass is 19.1. The zero-order chi connectivity index (χ0) is 21.2. The largest absolute Gasteiger partial charge is 0.353 e. The molecule has 2 aliphatic rings. The molecule has 1 saturated heterocycles. The van der Waals surface area contributed by atoms with Crippen LogP contribution >= 0.6 is 0 Å². The first kappa shape index (κ1) is 20.0. The Morgan fingerprint density at radius 1 is 1.00 bits per heavy atom. The Bertz CT molecular complexity index is 1060. The van der Waals surface area contributed by atoms with E-state index in [2.05, 4.69) is 14.8 Å². The van der Waals surface area contributed by atoms with Gasteiger partial charge in [0.05, 0.1) is 17.6 Å². The molecule has 1 aliphatic heterocycles. The summed E-state index contributed by atoms with van der Waals surface area (Å²) in [4.78, 5) is 19.8. The Morgan fingerprint density at radius 3 is 2.48 bits per heavy atom. The zero-order valence-corrected chi connectivity index (χ0v) is 17.8. The lowest BCUT2D eigenvalue weighted by molar-refractivity contribution is -0.126. The van der Waals surface area contributed by atoms with Crippen molar-refractivity contribution in [3.8, 4) is 0 Å². The zero-order valence-electron chi connectivity index (χ0n) is 17.8. The van der Waals surface area contributed by atoms with Crippen LogP contribution in [0.1, 0.15) is 44.1 Å². The molecular formula is C25H29FN4O. The topological polar surface area (TPSA) is 50.2 Å². The van der Waals surface area contributed by atoms with E-state index in [1.807, 2.05) is 36.4 Å². The summed E-state index contributed by atoms with van der Waals surface area (Å²) in [6.45, 7) is 2.00. The number of carbonyl (C=O) groups excluding carboxylic acids is 1. The van der Waals surface area contributed by atoms with Gasteiger partial charge in [-0.3, -0.25) is 4.79 Å². The monoisotopic (exact) mass is 420 g/mol. The number of piperidine rings is 1. The standard InChI is InChI=1S/C25H29FN4O/c26-21-10-4-1-7-19(21)17-30-23-12-6-5-11-22(23)28-25(30)29-15-13-18(14-16-29)24(31)27-20-8-2-3-9-20/h1,4-7,10-12,18,20H,2-3,8-9,13-17H2,(H,27,31). The van der Waals surface area contributed by atoms with E-state index < -0.39 is 0 Å². The van der Waals surface area contributed by atoms with Gasteiger partial charge in [0.2, 0.25) is 11.9 Å². The average Bonchev–Trinajstić information content (AvgIpc) is 3.43. The van der Waals surface area contributed by atoms with Gasteiger partial charge in [0.1, 0.15) is 5.82 Å². The van der Waals surface area contributed by atoms with E-state index in [-0.39, 0.29) is 17.6 Å². The summed E-state index contributed by atoms with van der Waals surface area (Å²) in [6, 6.07) is 15.3. The summed E-state index contributed by atoms with van der Waals surface area (Å²) in [5.41, 5.74) is 2.56. The number of halogens is 1. The fourth-order valence-corrected chi connectivity index (χ4v) is 4.99. The Balaban J connectivity index is 1.34. The van der Waals surface area contributed by atoms with Crippen LogP contribution in [0.25, 0.3) is 11.0 Å². The molecule has 162 valence electrons. The molecule has 1 amide bonds. The number of hydrogen-bond acceptors (Lipinski definition) is 3. The van der Waals surface area contributed by atoms with Crippen LogP contribution in [-0.2, 0) is 11.3 Å². The first-order chi connectivity index (χ1) is 15.2. The molecular weight excluding hydrogens is 391 g/mol. The number of nitrogens with one attached hydrogen (secondary N) is 1. The first-order valence-electron chi connectivity index (χ1n) is 11.4. The van der Waals surface area contributed by atoms with E-state index in [9.17, 15) is 9.18 Å². The second-order valence-electron chi connectivity index (χ2n) is 8.83. The van der Waals surface area contributed by atoms with Gasteiger partial charge in [-0.1, -0.05) is 43.2 Å². The third-order valence-electron chi connectivity index (χ3n) is 6.77. The molecule has 1 N–H and O–H groups in total. The normalized spacial score (nSPS) is 18.0. The highest BCUT2D eigenvalue weighted by molar-refractivity contribution is 5.80. The van der Waals surface area contributed by atoms with Gasteiger partial charge >= 0.3 is 0 Å². The number of fused-ring (bicyclic) bond motifs is 1. The number of rotatable bonds is 5. The van der Waals surface area contributed by atoms with E-state index in [1.165, 1.54) is 18.9 Å².